The van der Waals surface area contributed by atoms with Gasteiger partial charge in [0, 0.05) is 6.04 Å². The van der Waals surface area contributed by atoms with Gasteiger partial charge in [0.2, 0.25) is 0 Å². The van der Waals surface area contributed by atoms with Crippen LogP contribution in [0.2, 0.25) is 0 Å². The van der Waals surface area contributed by atoms with Crippen molar-refractivity contribution in [3.63, 3.8) is 0 Å². The highest BCUT2D eigenvalue weighted by Crippen LogP contribution is 2.33. The maximum Gasteiger partial charge on any atom is 0.0280 e. The first-order valence-electron chi connectivity index (χ1n) is 7.55. The number of hydrogen-bond acceptors (Lipinski definition) is 1. The summed E-state index contributed by atoms with van der Waals surface area (Å²) >= 11 is 0. The summed E-state index contributed by atoms with van der Waals surface area (Å²) in [6.07, 6.45) is 10.8. The van der Waals surface area contributed by atoms with Crippen LogP contribution < -0.4 is 5.32 Å². The average Bonchev–Trinajstić information content (AvgIpc) is 2.34. The van der Waals surface area contributed by atoms with E-state index in [4.69, 9.17) is 0 Å². The molecule has 1 N–H and O–H groups in total. The van der Waals surface area contributed by atoms with Crippen LogP contribution in [0.3, 0.4) is 0 Å². The van der Waals surface area contributed by atoms with Crippen molar-refractivity contribution in [2.24, 2.45) is 11.8 Å². The first-order valence-corrected chi connectivity index (χ1v) is 7.55. The van der Waals surface area contributed by atoms with Gasteiger partial charge >= 0.3 is 0 Å². The standard InChI is InChI=1S/C16H31N/c1-5-10-17-16(11-13(3)4)15-9-7-8-14(6-2)12-15/h11,14-17H,5-10,12H2,1-4H3. The Morgan fingerprint density at radius 1 is 1.29 bits per heavy atom. The van der Waals surface area contributed by atoms with Gasteiger partial charge in [0.15, 0.2) is 0 Å². The molecule has 0 aromatic carbocycles. The first-order chi connectivity index (χ1) is 8.17. The molecule has 0 radical (unpaired) electrons. The van der Waals surface area contributed by atoms with Crippen molar-refractivity contribution in [2.45, 2.75) is 72.3 Å². The second-order valence-electron chi connectivity index (χ2n) is 5.92. The molecular formula is C16H31N. The third-order valence-corrected chi connectivity index (χ3v) is 4.05. The Kier molecular flexibility index (Phi) is 6.87. The number of nitrogens with one attached hydrogen (secondary N) is 1. The lowest BCUT2D eigenvalue weighted by molar-refractivity contribution is 0.228. The van der Waals surface area contributed by atoms with Crippen LogP contribution in [0.5, 0.6) is 0 Å². The van der Waals surface area contributed by atoms with Crippen molar-refractivity contribution >= 4 is 0 Å². The summed E-state index contributed by atoms with van der Waals surface area (Å²) in [6.45, 7) is 10.2. The summed E-state index contributed by atoms with van der Waals surface area (Å²) < 4.78 is 0. The second kappa shape index (κ2) is 7.92. The third kappa shape index (κ3) is 5.25. The van der Waals surface area contributed by atoms with E-state index in [0.29, 0.717) is 6.04 Å². The van der Waals surface area contributed by atoms with E-state index in [2.05, 4.69) is 39.1 Å². The number of allylic oxidation sites excluding steroid dienone is 1. The SMILES string of the molecule is CCCNC(C=C(C)C)C1CCCC(CC)C1. The molecule has 0 heterocycles. The summed E-state index contributed by atoms with van der Waals surface area (Å²) in [4.78, 5) is 0. The first kappa shape index (κ1) is 14.8. The highest BCUT2D eigenvalue weighted by atomic mass is 14.9. The highest BCUT2D eigenvalue weighted by Gasteiger charge is 2.26. The number of rotatable bonds is 6. The van der Waals surface area contributed by atoms with Crippen molar-refractivity contribution in [3.8, 4) is 0 Å². The Balaban J connectivity index is 2.58. The van der Waals surface area contributed by atoms with Gasteiger partial charge in [-0.25, -0.2) is 0 Å². The molecule has 0 aliphatic heterocycles. The molecule has 1 saturated carbocycles. The molecule has 0 spiro atoms. The summed E-state index contributed by atoms with van der Waals surface area (Å²) in [5.41, 5.74) is 1.46. The molecule has 3 unspecified atom stereocenters. The maximum atomic E-state index is 3.74. The Morgan fingerprint density at radius 2 is 2.06 bits per heavy atom. The molecule has 1 aliphatic carbocycles. The van der Waals surface area contributed by atoms with Gasteiger partial charge < -0.3 is 5.32 Å². The minimum Gasteiger partial charge on any atom is -0.310 e. The van der Waals surface area contributed by atoms with E-state index in [1.807, 2.05) is 0 Å². The molecule has 1 heteroatoms. The van der Waals surface area contributed by atoms with Crippen LogP contribution in [0, 0.1) is 11.8 Å². The Hall–Kier alpha value is -0.300. The molecule has 0 aromatic heterocycles. The lowest BCUT2D eigenvalue weighted by Gasteiger charge is -2.33. The van der Waals surface area contributed by atoms with Crippen molar-refractivity contribution in [1.29, 1.82) is 0 Å². The van der Waals surface area contributed by atoms with E-state index in [9.17, 15) is 0 Å². The largest absolute Gasteiger partial charge is 0.310 e. The molecule has 0 saturated heterocycles. The molecule has 1 nitrogen and oxygen atoms in total. The normalized spacial score (nSPS) is 26.6. The molecule has 1 fully saturated rings. The second-order valence-corrected chi connectivity index (χ2v) is 5.92. The van der Waals surface area contributed by atoms with E-state index in [1.165, 1.54) is 44.1 Å². The molecule has 17 heavy (non-hydrogen) atoms. The predicted octanol–water partition coefficient (Wildman–Crippen LogP) is 4.54. The maximum absolute atomic E-state index is 3.74. The van der Waals surface area contributed by atoms with E-state index in [-0.39, 0.29) is 0 Å². The fraction of sp³-hybridized carbons (Fsp3) is 0.875. The topological polar surface area (TPSA) is 12.0 Å². The van der Waals surface area contributed by atoms with Crippen LogP contribution >= 0.6 is 0 Å². The van der Waals surface area contributed by atoms with Crippen LogP contribution in [-0.4, -0.2) is 12.6 Å². The fourth-order valence-corrected chi connectivity index (χ4v) is 3.06. The molecule has 0 bridgehead atoms. The van der Waals surface area contributed by atoms with Crippen LogP contribution in [0.25, 0.3) is 0 Å². The molecule has 1 aliphatic rings. The summed E-state index contributed by atoms with van der Waals surface area (Å²) in [5, 5.41) is 3.74. The predicted molar refractivity (Wildman–Crippen MR) is 77.3 cm³/mol. The van der Waals surface area contributed by atoms with Gasteiger partial charge in [0.05, 0.1) is 0 Å². The number of hydrogen-bond donors (Lipinski definition) is 1. The van der Waals surface area contributed by atoms with Crippen molar-refractivity contribution in [1.82, 2.24) is 5.32 Å². The highest BCUT2D eigenvalue weighted by molar-refractivity contribution is 5.04. The van der Waals surface area contributed by atoms with E-state index in [0.717, 1.165) is 18.4 Å². The zero-order valence-corrected chi connectivity index (χ0v) is 12.3. The van der Waals surface area contributed by atoms with Gasteiger partial charge in [-0.1, -0.05) is 44.8 Å². The van der Waals surface area contributed by atoms with E-state index in [1.54, 1.807) is 0 Å². The van der Waals surface area contributed by atoms with Gasteiger partial charge in [-0.05, 0) is 51.5 Å². The summed E-state index contributed by atoms with van der Waals surface area (Å²) in [7, 11) is 0. The Bertz CT molecular complexity index is 228. The summed E-state index contributed by atoms with van der Waals surface area (Å²) in [6, 6.07) is 0.620. The fourth-order valence-electron chi connectivity index (χ4n) is 3.06. The van der Waals surface area contributed by atoms with Gasteiger partial charge in [-0.15, -0.1) is 0 Å². The molecule has 1 rings (SSSR count). The van der Waals surface area contributed by atoms with Crippen LogP contribution in [0.1, 0.15) is 66.2 Å². The monoisotopic (exact) mass is 237 g/mol. The van der Waals surface area contributed by atoms with Crippen molar-refractivity contribution in [2.75, 3.05) is 6.54 Å². The average molecular weight is 237 g/mol. The quantitative estimate of drug-likeness (QED) is 0.669. The van der Waals surface area contributed by atoms with Crippen molar-refractivity contribution in [3.05, 3.63) is 11.6 Å². The Morgan fingerprint density at radius 3 is 2.65 bits per heavy atom. The van der Waals surface area contributed by atoms with Gasteiger partial charge in [0.25, 0.3) is 0 Å². The van der Waals surface area contributed by atoms with Gasteiger partial charge in [-0.2, -0.15) is 0 Å². The molecular weight excluding hydrogens is 206 g/mol. The Labute approximate surface area is 108 Å². The van der Waals surface area contributed by atoms with Crippen LogP contribution in [-0.2, 0) is 0 Å². The smallest absolute Gasteiger partial charge is 0.0280 e. The van der Waals surface area contributed by atoms with Crippen molar-refractivity contribution < 1.29 is 0 Å². The van der Waals surface area contributed by atoms with Gasteiger partial charge in [0.1, 0.15) is 0 Å². The zero-order chi connectivity index (χ0) is 12.7. The molecule has 0 aromatic rings. The minimum atomic E-state index is 0.620. The van der Waals surface area contributed by atoms with E-state index < -0.39 is 0 Å². The van der Waals surface area contributed by atoms with Gasteiger partial charge in [-0.3, -0.25) is 0 Å². The summed E-state index contributed by atoms with van der Waals surface area (Å²) in [5.74, 6) is 1.85. The lowest BCUT2D eigenvalue weighted by atomic mass is 9.76. The molecule has 0 amide bonds. The third-order valence-electron chi connectivity index (χ3n) is 4.05. The van der Waals surface area contributed by atoms with Crippen LogP contribution in [0.4, 0.5) is 0 Å². The zero-order valence-electron chi connectivity index (χ0n) is 12.3. The lowest BCUT2D eigenvalue weighted by Crippen LogP contribution is -2.37. The minimum absolute atomic E-state index is 0.620. The molecule has 3 atom stereocenters. The molecule has 100 valence electrons. The van der Waals surface area contributed by atoms with E-state index >= 15 is 0 Å². The van der Waals surface area contributed by atoms with Crippen LogP contribution in [0.15, 0.2) is 11.6 Å².